The Morgan fingerprint density at radius 1 is 0.222 bits per heavy atom. The van der Waals surface area contributed by atoms with Gasteiger partial charge >= 0.3 is 0 Å². The number of hydrogen-bond acceptors (Lipinski definition) is 8. The van der Waals surface area contributed by atoms with Gasteiger partial charge in [-0.3, -0.25) is 0 Å². The molecule has 0 saturated heterocycles. The summed E-state index contributed by atoms with van der Waals surface area (Å²) in [4.78, 5) is 21.4. The summed E-state index contributed by atoms with van der Waals surface area (Å²) in [5, 5.41) is 8.21. The Bertz CT molecular complexity index is 3670. The molecule has 81 heavy (non-hydrogen) atoms. The SMILES string of the molecule is c1ccc(C(=Nc2cccc3ccccc23)OCC(COC(=Nc2cccc3ccccc23)c2ccccc2)(COC(=Nc2cccc3ccccc23)c2ccccc2)COC(=Nc2cccc3ccccc23)c2ccccc2)cc1. The molecule has 0 atom stereocenters. The molecule has 0 N–H and O–H groups in total. The zero-order valence-electron chi connectivity index (χ0n) is 44.5. The molecule has 12 aromatic rings. The minimum absolute atomic E-state index is 0.0193. The molecule has 12 rings (SSSR count). The molecule has 0 heterocycles. The minimum Gasteiger partial charge on any atom is -0.476 e. The van der Waals surface area contributed by atoms with Crippen molar-refractivity contribution in [3.63, 3.8) is 0 Å². The van der Waals surface area contributed by atoms with Gasteiger partial charge in [-0.15, -0.1) is 0 Å². The van der Waals surface area contributed by atoms with Gasteiger partial charge in [0.15, 0.2) is 0 Å². The predicted molar refractivity (Wildman–Crippen MR) is 333 cm³/mol. The molecule has 12 aromatic carbocycles. The van der Waals surface area contributed by atoms with Crippen LogP contribution in [0.3, 0.4) is 0 Å². The smallest absolute Gasteiger partial charge is 0.221 e. The van der Waals surface area contributed by atoms with Crippen molar-refractivity contribution in [3.8, 4) is 0 Å². The summed E-state index contributed by atoms with van der Waals surface area (Å²) in [6, 6.07) is 97.3. The number of ether oxygens (including phenoxy) is 4. The fraction of sp³-hybridized carbons (Fsp3) is 0.0685. The Labute approximate surface area is 471 Å². The van der Waals surface area contributed by atoms with Crippen LogP contribution in [0.25, 0.3) is 43.1 Å². The molecule has 0 amide bonds. The third-order valence-electron chi connectivity index (χ3n) is 14.1. The lowest BCUT2D eigenvalue weighted by Gasteiger charge is -2.33. The van der Waals surface area contributed by atoms with Gasteiger partial charge in [-0.25, -0.2) is 20.0 Å². The third kappa shape index (κ3) is 12.2. The Balaban J connectivity index is 1.04. The molecule has 392 valence electrons. The summed E-state index contributed by atoms with van der Waals surface area (Å²) >= 11 is 0. The van der Waals surface area contributed by atoms with Crippen molar-refractivity contribution in [3.05, 3.63) is 313 Å². The standard InChI is InChI=1S/C73H56N4O4/c1-5-29-57(30-6-1)69(74-65-45-21-37-53-25-13-17-41-61(53)65)78-49-73(50-79-70(58-31-7-2-8-32-58)75-66-46-22-38-54-26-14-18-42-62(54)66,51-80-71(59-33-9-3-10-34-59)76-67-47-23-39-55-27-15-19-43-63(55)67)52-81-72(60-35-11-4-12-36-60)77-68-48-24-40-56-28-16-20-44-64(56)68/h1-48H,49-52H2. The van der Waals surface area contributed by atoms with E-state index in [4.69, 9.17) is 38.9 Å². The van der Waals surface area contributed by atoms with Crippen LogP contribution in [0.2, 0.25) is 0 Å². The van der Waals surface area contributed by atoms with Crippen LogP contribution >= 0.6 is 0 Å². The molecule has 0 fully saturated rings. The Morgan fingerprint density at radius 2 is 0.420 bits per heavy atom. The first-order chi connectivity index (χ1) is 40.1. The first-order valence-electron chi connectivity index (χ1n) is 27.1. The summed E-state index contributed by atoms with van der Waals surface area (Å²) in [5.74, 6) is 1.63. The second kappa shape index (κ2) is 24.5. The topological polar surface area (TPSA) is 86.4 Å². The van der Waals surface area contributed by atoms with Crippen LogP contribution in [0.15, 0.2) is 311 Å². The fourth-order valence-corrected chi connectivity index (χ4v) is 9.84. The van der Waals surface area contributed by atoms with Crippen LogP contribution < -0.4 is 0 Å². The van der Waals surface area contributed by atoms with Gasteiger partial charge in [-0.2, -0.15) is 0 Å². The van der Waals surface area contributed by atoms with Gasteiger partial charge in [0.25, 0.3) is 0 Å². The molecule has 0 aliphatic heterocycles. The van der Waals surface area contributed by atoms with Crippen molar-refractivity contribution in [2.24, 2.45) is 25.4 Å². The molecule has 0 bridgehead atoms. The predicted octanol–water partition coefficient (Wildman–Crippen LogP) is 17.8. The zero-order valence-corrected chi connectivity index (χ0v) is 44.5. The van der Waals surface area contributed by atoms with Crippen molar-refractivity contribution in [2.45, 2.75) is 0 Å². The van der Waals surface area contributed by atoms with Crippen LogP contribution in [0.4, 0.5) is 22.7 Å². The van der Waals surface area contributed by atoms with Gasteiger partial charge in [0, 0.05) is 43.8 Å². The average Bonchev–Trinajstić information content (AvgIpc) is 3.55. The molecule has 0 aliphatic rings. The maximum Gasteiger partial charge on any atom is 0.221 e. The highest BCUT2D eigenvalue weighted by atomic mass is 16.5. The van der Waals surface area contributed by atoms with Gasteiger partial charge in [-0.05, 0) is 94.3 Å². The van der Waals surface area contributed by atoms with Crippen molar-refractivity contribution in [1.29, 1.82) is 0 Å². The van der Waals surface area contributed by atoms with E-state index in [0.29, 0.717) is 23.6 Å². The van der Waals surface area contributed by atoms with Gasteiger partial charge < -0.3 is 18.9 Å². The summed E-state index contributed by atoms with van der Waals surface area (Å²) in [5.41, 5.74) is 5.00. The third-order valence-corrected chi connectivity index (χ3v) is 14.1. The quantitative estimate of drug-likeness (QED) is 0.0713. The summed E-state index contributed by atoms with van der Waals surface area (Å²) < 4.78 is 29.1. The molecule has 0 saturated carbocycles. The van der Waals surface area contributed by atoms with E-state index >= 15 is 0 Å². The summed E-state index contributed by atoms with van der Waals surface area (Å²) in [6.45, 7) is -0.0774. The monoisotopic (exact) mass is 1050 g/mol. The lowest BCUT2D eigenvalue weighted by atomic mass is 9.91. The largest absolute Gasteiger partial charge is 0.476 e. The number of benzene rings is 12. The average molecular weight is 1050 g/mol. The molecule has 0 radical (unpaired) electrons. The van der Waals surface area contributed by atoms with E-state index in [9.17, 15) is 0 Å². The maximum absolute atomic E-state index is 7.28. The van der Waals surface area contributed by atoms with E-state index in [2.05, 4.69) is 72.8 Å². The first-order valence-corrected chi connectivity index (χ1v) is 27.1. The second-order valence-corrected chi connectivity index (χ2v) is 19.8. The van der Waals surface area contributed by atoms with E-state index < -0.39 is 5.41 Å². The van der Waals surface area contributed by atoms with E-state index in [1.807, 2.05) is 218 Å². The Morgan fingerprint density at radius 3 is 0.654 bits per heavy atom. The molecular weight excluding hydrogens is 997 g/mol. The van der Waals surface area contributed by atoms with Crippen molar-refractivity contribution in [1.82, 2.24) is 0 Å². The lowest BCUT2D eigenvalue weighted by molar-refractivity contribution is -0.0161. The number of rotatable bonds is 16. The number of hydrogen-bond donors (Lipinski definition) is 0. The van der Waals surface area contributed by atoms with Crippen molar-refractivity contribution >= 4 is 89.4 Å². The van der Waals surface area contributed by atoms with Crippen LogP contribution in [0.1, 0.15) is 22.3 Å². The van der Waals surface area contributed by atoms with E-state index in [-0.39, 0.29) is 26.4 Å². The van der Waals surface area contributed by atoms with Crippen LogP contribution in [-0.4, -0.2) is 50.0 Å². The van der Waals surface area contributed by atoms with E-state index in [1.54, 1.807) is 0 Å². The minimum atomic E-state index is -1.19. The van der Waals surface area contributed by atoms with Gasteiger partial charge in [0.2, 0.25) is 23.6 Å². The molecule has 0 aromatic heterocycles. The molecule has 8 nitrogen and oxygen atoms in total. The zero-order chi connectivity index (χ0) is 54.5. The Kier molecular flexibility index (Phi) is 15.5. The number of fused-ring (bicyclic) bond motifs is 4. The van der Waals surface area contributed by atoms with Crippen LogP contribution in [-0.2, 0) is 18.9 Å². The highest BCUT2D eigenvalue weighted by Crippen LogP contribution is 2.33. The van der Waals surface area contributed by atoms with Gasteiger partial charge in [-0.1, -0.05) is 218 Å². The first kappa shape index (κ1) is 51.3. The lowest BCUT2D eigenvalue weighted by Crippen LogP contribution is -2.44. The highest BCUT2D eigenvalue weighted by molar-refractivity contribution is 6.04. The molecular formula is C73H56N4O4. The molecule has 0 aliphatic carbocycles. The number of nitrogens with zero attached hydrogens (tertiary/aromatic N) is 4. The highest BCUT2D eigenvalue weighted by Gasteiger charge is 2.38. The molecule has 0 unspecified atom stereocenters. The van der Waals surface area contributed by atoms with Crippen LogP contribution in [0, 0.1) is 5.41 Å². The van der Waals surface area contributed by atoms with E-state index in [0.717, 1.165) is 88.1 Å². The summed E-state index contributed by atoms with van der Waals surface area (Å²) in [6.07, 6.45) is 0. The normalized spacial score (nSPS) is 13.0. The Hall–Kier alpha value is -10.4. The van der Waals surface area contributed by atoms with Crippen molar-refractivity contribution < 1.29 is 18.9 Å². The summed E-state index contributed by atoms with van der Waals surface area (Å²) in [7, 11) is 0. The van der Waals surface area contributed by atoms with Gasteiger partial charge in [0.05, 0.1) is 22.7 Å². The van der Waals surface area contributed by atoms with Gasteiger partial charge in [0.1, 0.15) is 31.8 Å². The van der Waals surface area contributed by atoms with E-state index in [1.165, 1.54) is 0 Å². The van der Waals surface area contributed by atoms with Crippen LogP contribution in [0.5, 0.6) is 0 Å². The molecule has 8 heteroatoms. The number of aliphatic imine (C=N–C) groups is 4. The molecule has 0 spiro atoms. The van der Waals surface area contributed by atoms with Crippen molar-refractivity contribution in [2.75, 3.05) is 26.4 Å². The maximum atomic E-state index is 7.28. The fourth-order valence-electron chi connectivity index (χ4n) is 9.84. The second-order valence-electron chi connectivity index (χ2n) is 19.8.